The first kappa shape index (κ1) is 22.2. The lowest BCUT2D eigenvalue weighted by atomic mass is 9.86. The molecule has 2 aromatic rings. The summed E-state index contributed by atoms with van der Waals surface area (Å²) in [6, 6.07) is 7.97. The molecule has 1 aromatic carbocycles. The quantitative estimate of drug-likeness (QED) is 0.486. The first-order valence-electron chi connectivity index (χ1n) is 9.46. The Morgan fingerprint density at radius 1 is 1.36 bits per heavy atom. The molecule has 0 amide bonds. The molecule has 154 valence electrons. The van der Waals surface area contributed by atoms with E-state index in [9.17, 15) is 0 Å². The van der Waals surface area contributed by atoms with Crippen molar-refractivity contribution in [3.8, 4) is 0 Å². The maximum atomic E-state index is 6.09. The van der Waals surface area contributed by atoms with E-state index in [1.165, 1.54) is 5.56 Å². The Morgan fingerprint density at radius 3 is 2.82 bits per heavy atom. The van der Waals surface area contributed by atoms with Crippen LogP contribution < -0.4 is 10.6 Å². The molecule has 8 heteroatoms. The van der Waals surface area contributed by atoms with Crippen molar-refractivity contribution in [3.05, 3.63) is 46.6 Å². The number of hydrogen-bond acceptors (Lipinski definition) is 5. The van der Waals surface area contributed by atoms with Crippen LogP contribution in [-0.2, 0) is 17.7 Å². The van der Waals surface area contributed by atoms with E-state index in [0.29, 0.717) is 30.8 Å². The highest BCUT2D eigenvalue weighted by atomic mass is 35.5. The van der Waals surface area contributed by atoms with Gasteiger partial charge in [0, 0.05) is 25.2 Å². The average molecular weight is 408 g/mol. The molecule has 1 aromatic heterocycles. The van der Waals surface area contributed by atoms with Crippen molar-refractivity contribution in [1.82, 2.24) is 20.8 Å². The smallest absolute Gasteiger partial charge is 0.246 e. The average Bonchev–Trinajstić information content (AvgIpc) is 3.11. The van der Waals surface area contributed by atoms with Crippen molar-refractivity contribution in [2.24, 2.45) is 10.4 Å². The summed E-state index contributed by atoms with van der Waals surface area (Å²) in [5.41, 5.74) is 1.23. The summed E-state index contributed by atoms with van der Waals surface area (Å²) in [4.78, 5) is 8.60. The summed E-state index contributed by atoms with van der Waals surface area (Å²) in [5, 5.41) is 11.3. The Bertz CT molecular complexity index is 775. The molecule has 0 aliphatic rings. The number of aromatic nitrogens is 2. The van der Waals surface area contributed by atoms with Gasteiger partial charge in [-0.2, -0.15) is 4.98 Å². The molecule has 7 nitrogen and oxygen atoms in total. The second-order valence-electron chi connectivity index (χ2n) is 7.39. The van der Waals surface area contributed by atoms with Crippen LogP contribution in [0.15, 0.2) is 33.8 Å². The predicted octanol–water partition coefficient (Wildman–Crippen LogP) is 3.75. The third-order valence-electron chi connectivity index (χ3n) is 4.20. The van der Waals surface area contributed by atoms with Crippen LogP contribution in [0.25, 0.3) is 0 Å². The molecule has 0 saturated heterocycles. The van der Waals surface area contributed by atoms with E-state index in [2.05, 4.69) is 45.7 Å². The van der Waals surface area contributed by atoms with Crippen LogP contribution in [0.1, 0.15) is 51.1 Å². The van der Waals surface area contributed by atoms with Crippen molar-refractivity contribution >= 4 is 17.6 Å². The molecular formula is C20H30ClN5O2. The number of nitrogens with one attached hydrogen (secondary N) is 2. The molecule has 0 spiro atoms. The van der Waals surface area contributed by atoms with E-state index < -0.39 is 0 Å². The van der Waals surface area contributed by atoms with Gasteiger partial charge >= 0.3 is 0 Å². The molecule has 28 heavy (non-hydrogen) atoms. The van der Waals surface area contributed by atoms with Crippen LogP contribution in [0, 0.1) is 5.41 Å². The minimum absolute atomic E-state index is 0.0207. The molecule has 0 fully saturated rings. The lowest BCUT2D eigenvalue weighted by Crippen LogP contribution is -2.42. The standard InChI is InChI=1S/C20H30ClN5O2/c1-6-27-14(2)18-25-17(28-26-18)12-23-19(22-5)24-13-20(3,4)11-15-8-7-9-16(21)10-15/h7-10,14H,6,11-13H2,1-5H3,(H2,22,23,24). The number of aliphatic imine (C=N–C) groups is 1. The van der Waals surface area contributed by atoms with Gasteiger partial charge in [0.15, 0.2) is 11.8 Å². The van der Waals surface area contributed by atoms with Gasteiger partial charge < -0.3 is 19.9 Å². The number of ether oxygens (including phenoxy) is 1. The highest BCUT2D eigenvalue weighted by Crippen LogP contribution is 2.22. The maximum absolute atomic E-state index is 6.09. The number of rotatable bonds is 9. The SMILES string of the molecule is CCOC(C)c1noc(CNC(=NC)NCC(C)(C)Cc2cccc(Cl)c2)n1. The Kier molecular flexibility index (Phi) is 8.26. The molecule has 0 radical (unpaired) electrons. The lowest BCUT2D eigenvalue weighted by molar-refractivity contribution is 0.0683. The van der Waals surface area contributed by atoms with Gasteiger partial charge in [-0.25, -0.2) is 0 Å². The van der Waals surface area contributed by atoms with E-state index in [-0.39, 0.29) is 11.5 Å². The van der Waals surface area contributed by atoms with Gasteiger partial charge in [-0.05, 0) is 43.4 Å². The number of nitrogens with zero attached hydrogens (tertiary/aromatic N) is 3. The predicted molar refractivity (Wildman–Crippen MR) is 111 cm³/mol. The number of guanidine groups is 1. The van der Waals surface area contributed by atoms with Crippen LogP contribution >= 0.6 is 11.6 Å². The number of benzene rings is 1. The summed E-state index contributed by atoms with van der Waals surface area (Å²) >= 11 is 6.09. The third kappa shape index (κ3) is 7.13. The molecule has 1 unspecified atom stereocenters. The van der Waals surface area contributed by atoms with Gasteiger partial charge in [-0.1, -0.05) is 42.7 Å². The van der Waals surface area contributed by atoms with Gasteiger partial charge in [0.05, 0.1) is 6.54 Å². The summed E-state index contributed by atoms with van der Waals surface area (Å²) in [7, 11) is 1.73. The Balaban J connectivity index is 1.83. The third-order valence-corrected chi connectivity index (χ3v) is 4.44. The molecule has 0 bridgehead atoms. The molecule has 1 atom stereocenters. The van der Waals surface area contributed by atoms with Gasteiger partial charge in [0.25, 0.3) is 0 Å². The van der Waals surface area contributed by atoms with Crippen molar-refractivity contribution in [2.45, 2.75) is 46.8 Å². The molecule has 2 rings (SSSR count). The summed E-state index contributed by atoms with van der Waals surface area (Å²) in [6.45, 7) is 9.97. The zero-order valence-electron chi connectivity index (χ0n) is 17.3. The molecule has 0 saturated carbocycles. The minimum Gasteiger partial charge on any atom is -0.371 e. The van der Waals surface area contributed by atoms with E-state index >= 15 is 0 Å². The number of halogens is 1. The topological polar surface area (TPSA) is 84.6 Å². The van der Waals surface area contributed by atoms with Crippen molar-refractivity contribution in [3.63, 3.8) is 0 Å². The highest BCUT2D eigenvalue weighted by molar-refractivity contribution is 6.30. The first-order chi connectivity index (χ1) is 13.3. The maximum Gasteiger partial charge on any atom is 0.246 e. The monoisotopic (exact) mass is 407 g/mol. The van der Waals surface area contributed by atoms with Crippen LogP contribution in [-0.4, -0.2) is 36.3 Å². The summed E-state index contributed by atoms with van der Waals surface area (Å²) < 4.78 is 10.7. The van der Waals surface area contributed by atoms with E-state index in [1.54, 1.807) is 7.05 Å². The highest BCUT2D eigenvalue weighted by Gasteiger charge is 2.20. The van der Waals surface area contributed by atoms with E-state index in [4.69, 9.17) is 20.9 Å². The molecule has 0 aliphatic heterocycles. The van der Waals surface area contributed by atoms with E-state index in [1.807, 2.05) is 32.0 Å². The van der Waals surface area contributed by atoms with Crippen LogP contribution in [0.5, 0.6) is 0 Å². The van der Waals surface area contributed by atoms with Crippen LogP contribution in [0.4, 0.5) is 0 Å². The van der Waals surface area contributed by atoms with Crippen molar-refractivity contribution < 1.29 is 9.26 Å². The normalized spacial score (nSPS) is 13.4. The Hall–Kier alpha value is -2.12. The zero-order chi connectivity index (χ0) is 20.6. The summed E-state index contributed by atoms with van der Waals surface area (Å²) in [6.07, 6.45) is 0.715. The lowest BCUT2D eigenvalue weighted by Gasteiger charge is -2.26. The first-order valence-corrected chi connectivity index (χ1v) is 9.84. The molecule has 2 N–H and O–H groups in total. The fraction of sp³-hybridized carbons (Fsp3) is 0.550. The van der Waals surface area contributed by atoms with E-state index in [0.717, 1.165) is 18.0 Å². The second-order valence-corrected chi connectivity index (χ2v) is 7.83. The van der Waals surface area contributed by atoms with Crippen LogP contribution in [0.2, 0.25) is 5.02 Å². The molecule has 0 aliphatic carbocycles. The van der Waals surface area contributed by atoms with Gasteiger partial charge in [-0.15, -0.1) is 0 Å². The second kappa shape index (κ2) is 10.4. The summed E-state index contributed by atoms with van der Waals surface area (Å²) in [5.74, 6) is 1.71. The van der Waals surface area contributed by atoms with Crippen molar-refractivity contribution in [1.29, 1.82) is 0 Å². The van der Waals surface area contributed by atoms with Gasteiger partial charge in [0.2, 0.25) is 5.89 Å². The minimum atomic E-state index is -0.188. The van der Waals surface area contributed by atoms with Crippen LogP contribution in [0.3, 0.4) is 0 Å². The Labute approximate surface area is 171 Å². The molecule has 1 heterocycles. The van der Waals surface area contributed by atoms with Gasteiger partial charge in [-0.3, -0.25) is 4.99 Å². The number of hydrogen-bond donors (Lipinski definition) is 2. The zero-order valence-corrected chi connectivity index (χ0v) is 18.0. The van der Waals surface area contributed by atoms with Gasteiger partial charge in [0.1, 0.15) is 6.10 Å². The fourth-order valence-electron chi connectivity index (χ4n) is 2.79. The fourth-order valence-corrected chi connectivity index (χ4v) is 3.01. The van der Waals surface area contributed by atoms with Crippen molar-refractivity contribution in [2.75, 3.05) is 20.2 Å². The Morgan fingerprint density at radius 2 is 2.14 bits per heavy atom. The molecular weight excluding hydrogens is 378 g/mol. The largest absolute Gasteiger partial charge is 0.371 e.